The summed E-state index contributed by atoms with van der Waals surface area (Å²) in [5, 5.41) is 11.9. The van der Waals surface area contributed by atoms with E-state index < -0.39 is 29.9 Å². The fourth-order valence-corrected chi connectivity index (χ4v) is 6.82. The molecule has 3 heterocycles. The molecule has 0 saturated carbocycles. The van der Waals surface area contributed by atoms with Gasteiger partial charge < -0.3 is 32.7 Å². The molecule has 7 amide bonds. The monoisotopic (exact) mass is 809 g/mol. The summed E-state index contributed by atoms with van der Waals surface area (Å²) >= 11 is 0. The molecule has 2 aromatic carbocycles. The van der Waals surface area contributed by atoms with Gasteiger partial charge in [0.1, 0.15) is 28.9 Å². The van der Waals surface area contributed by atoms with E-state index in [2.05, 4.69) is 38.6 Å². The largest absolute Gasteiger partial charge is 0.382 e. The van der Waals surface area contributed by atoms with Crippen molar-refractivity contribution in [2.75, 3.05) is 24.2 Å². The maximum atomic E-state index is 13.6. The van der Waals surface area contributed by atoms with E-state index in [0.717, 1.165) is 57.7 Å². The summed E-state index contributed by atoms with van der Waals surface area (Å²) < 4.78 is 1.97. The first-order chi connectivity index (χ1) is 28.4. The molecule has 4 aromatic rings. The van der Waals surface area contributed by atoms with E-state index in [9.17, 15) is 28.8 Å². The van der Waals surface area contributed by atoms with Crippen molar-refractivity contribution in [1.82, 2.24) is 40.8 Å². The first-order valence-corrected chi connectivity index (χ1v) is 20.2. The van der Waals surface area contributed by atoms with Crippen LogP contribution < -0.4 is 38.2 Å². The highest BCUT2D eigenvalue weighted by Gasteiger charge is 2.29. The number of unbranched alkanes of at least 4 members (excludes halogenated alkanes) is 3. The van der Waals surface area contributed by atoms with E-state index in [1.165, 1.54) is 12.2 Å². The number of para-hydroxylation sites is 1. The number of nitrogens with zero attached hydrogens (tertiary/aromatic N) is 4. The van der Waals surface area contributed by atoms with E-state index in [-0.39, 0.29) is 56.1 Å². The van der Waals surface area contributed by atoms with Gasteiger partial charge in [-0.1, -0.05) is 63.9 Å². The van der Waals surface area contributed by atoms with Crippen LogP contribution in [0.5, 0.6) is 0 Å². The van der Waals surface area contributed by atoms with E-state index >= 15 is 0 Å². The van der Waals surface area contributed by atoms with Crippen LogP contribution in [0.25, 0.3) is 21.9 Å². The van der Waals surface area contributed by atoms with E-state index in [1.54, 1.807) is 13.8 Å². The summed E-state index contributed by atoms with van der Waals surface area (Å²) in [6.45, 7) is 6.37. The zero-order valence-corrected chi connectivity index (χ0v) is 33.9. The molecule has 17 heteroatoms. The smallest absolute Gasteiger partial charge is 0.312 e. The van der Waals surface area contributed by atoms with Gasteiger partial charge in [0, 0.05) is 50.0 Å². The Kier molecular flexibility index (Phi) is 15.3. The molecule has 0 aliphatic carbocycles. The van der Waals surface area contributed by atoms with Crippen LogP contribution in [0, 0.1) is 5.92 Å². The topological polar surface area (TPSA) is 249 Å². The molecule has 0 fully saturated rings. The second kappa shape index (κ2) is 20.8. The lowest BCUT2D eigenvalue weighted by Crippen LogP contribution is -2.55. The molecule has 59 heavy (non-hydrogen) atoms. The van der Waals surface area contributed by atoms with Gasteiger partial charge >= 0.3 is 6.03 Å². The predicted octanol–water partition coefficient (Wildman–Crippen LogP) is 3.56. The average Bonchev–Trinajstić information content (AvgIpc) is 3.74. The average molecular weight is 810 g/mol. The Bertz CT molecular complexity index is 2160. The number of aromatic nitrogens is 3. The highest BCUT2D eigenvalue weighted by molar-refractivity contribution is 6.12. The van der Waals surface area contributed by atoms with E-state index in [1.807, 2.05) is 53.2 Å². The van der Waals surface area contributed by atoms with Crippen LogP contribution in [-0.2, 0) is 36.9 Å². The highest BCUT2D eigenvalue weighted by atomic mass is 16.2. The molecular formula is C42H55N11O6. The van der Waals surface area contributed by atoms with Gasteiger partial charge in [0.25, 0.3) is 11.8 Å². The minimum atomic E-state index is -0.963. The van der Waals surface area contributed by atoms with Gasteiger partial charge in [0.2, 0.25) is 17.7 Å². The molecule has 9 N–H and O–H groups in total. The molecule has 314 valence electrons. The Morgan fingerprint density at radius 2 is 1.56 bits per heavy atom. The number of imidazole rings is 1. The number of carbonyl (C=O) groups is 6. The second-order valence-corrected chi connectivity index (χ2v) is 15.0. The maximum Gasteiger partial charge on any atom is 0.312 e. The SMILES string of the molecule is CCCCc1nc2c(N)nc3ccccc3c2n1Nc1ccc(CNC(=O)C(CCCNC(N)=O)NC(=O)C(NC(=O)CCCCCN2C(=O)C=CC2=O)C(C)C)cc1. The number of hydrogen-bond donors (Lipinski definition) is 7. The molecule has 1 aliphatic rings. The van der Waals surface area contributed by atoms with Crippen LogP contribution in [0.3, 0.4) is 0 Å². The zero-order chi connectivity index (χ0) is 42.5. The minimum Gasteiger partial charge on any atom is -0.382 e. The maximum absolute atomic E-state index is 13.6. The highest BCUT2D eigenvalue weighted by Crippen LogP contribution is 2.29. The van der Waals surface area contributed by atoms with Crippen LogP contribution in [0.1, 0.15) is 83.5 Å². The molecule has 5 rings (SSSR count). The van der Waals surface area contributed by atoms with Crippen LogP contribution in [-0.4, -0.2) is 80.3 Å². The molecule has 0 saturated heterocycles. The van der Waals surface area contributed by atoms with Crippen molar-refractivity contribution in [2.24, 2.45) is 11.7 Å². The Labute approximate surface area is 343 Å². The fraction of sp³-hybridized carbons (Fsp3) is 0.429. The molecule has 0 radical (unpaired) electrons. The quantitative estimate of drug-likeness (QED) is 0.0449. The number of primary amides is 1. The summed E-state index contributed by atoms with van der Waals surface area (Å²) in [6, 6.07) is 12.8. The second-order valence-electron chi connectivity index (χ2n) is 15.0. The number of amides is 7. The molecule has 0 spiro atoms. The molecule has 2 aromatic heterocycles. The first-order valence-electron chi connectivity index (χ1n) is 20.2. The van der Waals surface area contributed by atoms with Crippen molar-refractivity contribution >= 4 is 69.0 Å². The lowest BCUT2D eigenvalue weighted by atomic mass is 10.0. The summed E-state index contributed by atoms with van der Waals surface area (Å²) in [7, 11) is 0. The Morgan fingerprint density at radius 3 is 2.25 bits per heavy atom. The van der Waals surface area contributed by atoms with Crippen LogP contribution in [0.2, 0.25) is 0 Å². The van der Waals surface area contributed by atoms with Crippen molar-refractivity contribution in [1.29, 1.82) is 0 Å². The number of hydrogen-bond acceptors (Lipinski definition) is 10. The molecule has 17 nitrogen and oxygen atoms in total. The van der Waals surface area contributed by atoms with Crippen molar-refractivity contribution < 1.29 is 28.8 Å². The van der Waals surface area contributed by atoms with Crippen LogP contribution in [0.15, 0.2) is 60.7 Å². The van der Waals surface area contributed by atoms with Crippen LogP contribution in [0.4, 0.5) is 16.3 Å². The number of nitrogens with two attached hydrogens (primary N) is 2. The number of imide groups is 1. The molecule has 2 unspecified atom stereocenters. The number of pyridine rings is 1. The van der Waals surface area contributed by atoms with Gasteiger partial charge in [-0.15, -0.1) is 0 Å². The number of aryl methyl sites for hydroxylation is 1. The van der Waals surface area contributed by atoms with Crippen molar-refractivity contribution in [3.63, 3.8) is 0 Å². The Balaban J connectivity index is 1.19. The molecule has 2 atom stereocenters. The van der Waals surface area contributed by atoms with Gasteiger partial charge in [-0.25, -0.2) is 19.4 Å². The zero-order valence-electron chi connectivity index (χ0n) is 33.9. The number of carbonyl (C=O) groups excluding carboxylic acids is 6. The summed E-state index contributed by atoms with van der Waals surface area (Å²) in [4.78, 5) is 85.3. The van der Waals surface area contributed by atoms with Gasteiger partial charge in [0.15, 0.2) is 5.82 Å². The van der Waals surface area contributed by atoms with Crippen molar-refractivity contribution in [2.45, 2.75) is 97.2 Å². The van der Waals surface area contributed by atoms with E-state index in [0.29, 0.717) is 37.0 Å². The number of benzene rings is 2. The van der Waals surface area contributed by atoms with E-state index in [4.69, 9.17) is 16.5 Å². The number of nitrogens with one attached hydrogen (secondary N) is 5. The van der Waals surface area contributed by atoms with Gasteiger partial charge in [-0.05, 0) is 61.8 Å². The standard InChI is InChI=1S/C42H55N11O6/c1-4-5-15-32-49-37-38(29-12-8-9-13-30(29)47-39(37)43)53(32)51-28-19-17-27(18-20-28)25-46-40(57)31(14-11-23-45-42(44)59)48-41(58)36(26(2)3)50-33(54)16-7-6-10-24-52-34(55)21-22-35(52)56/h8-9,12-13,17-22,26,31,36,51H,4-7,10-11,14-16,23-25H2,1-3H3,(H2,43,47)(H,46,57)(H,48,58)(H,50,54)(H3,44,45,59). The molecule has 0 bridgehead atoms. The number of nitrogen functional groups attached to an aromatic ring is 1. The Hall–Kier alpha value is -6.52. The fourth-order valence-electron chi connectivity index (χ4n) is 6.82. The third-order valence-electron chi connectivity index (χ3n) is 10.1. The summed E-state index contributed by atoms with van der Waals surface area (Å²) in [5.74, 6) is -1.04. The number of rotatable bonds is 22. The van der Waals surface area contributed by atoms with Gasteiger partial charge in [0.05, 0.1) is 11.2 Å². The lowest BCUT2D eigenvalue weighted by Gasteiger charge is -2.25. The third kappa shape index (κ3) is 11.8. The summed E-state index contributed by atoms with van der Waals surface area (Å²) in [5.41, 5.74) is 18.9. The van der Waals surface area contributed by atoms with Gasteiger partial charge in [-0.3, -0.25) is 34.3 Å². The van der Waals surface area contributed by atoms with Crippen molar-refractivity contribution in [3.8, 4) is 0 Å². The number of urea groups is 1. The normalized spacial score (nSPS) is 13.5. The van der Waals surface area contributed by atoms with Gasteiger partial charge in [-0.2, -0.15) is 0 Å². The number of anilines is 2. The first kappa shape index (κ1) is 43.6. The minimum absolute atomic E-state index is 0.148. The summed E-state index contributed by atoms with van der Waals surface area (Å²) in [6.07, 6.45) is 7.52. The lowest BCUT2D eigenvalue weighted by molar-refractivity contribution is -0.137. The van der Waals surface area contributed by atoms with Crippen molar-refractivity contribution in [3.05, 3.63) is 72.1 Å². The number of fused-ring (bicyclic) bond motifs is 3. The Morgan fingerprint density at radius 1 is 0.831 bits per heavy atom. The third-order valence-corrected chi connectivity index (χ3v) is 10.1. The predicted molar refractivity (Wildman–Crippen MR) is 225 cm³/mol. The van der Waals surface area contributed by atoms with Crippen LogP contribution >= 0.6 is 0 Å². The molecule has 1 aliphatic heterocycles. The molecular weight excluding hydrogens is 755 g/mol.